The van der Waals surface area contributed by atoms with E-state index < -0.39 is 0 Å². The summed E-state index contributed by atoms with van der Waals surface area (Å²) in [5.41, 5.74) is 6.26. The molecule has 128 valence electrons. The highest BCUT2D eigenvalue weighted by molar-refractivity contribution is 14.0. The van der Waals surface area contributed by atoms with Crippen LogP contribution in [0.15, 0.2) is 29.3 Å². The van der Waals surface area contributed by atoms with E-state index in [4.69, 9.17) is 5.73 Å². The number of guanidine groups is 1. The van der Waals surface area contributed by atoms with Crippen molar-refractivity contribution in [1.82, 2.24) is 10.2 Å². The number of nitrogens with two attached hydrogens (primary N) is 1. The number of phenols is 1. The Morgan fingerprint density at radius 1 is 1.22 bits per heavy atom. The number of nitrogens with one attached hydrogen (secondary N) is 1. The topological polar surface area (TPSA) is 90.9 Å². The number of nitrogens with zero attached hydrogens (tertiary/aromatic N) is 2. The van der Waals surface area contributed by atoms with Crippen LogP contribution in [-0.2, 0) is 0 Å². The van der Waals surface area contributed by atoms with Gasteiger partial charge in [-0.25, -0.2) is 0 Å². The molecule has 0 unspecified atom stereocenters. The maximum absolute atomic E-state index is 11.9. The minimum Gasteiger partial charge on any atom is -0.507 e. The Kier molecular flexibility index (Phi) is 8.75. The van der Waals surface area contributed by atoms with Gasteiger partial charge in [-0.3, -0.25) is 9.79 Å². The van der Waals surface area contributed by atoms with Gasteiger partial charge in [-0.05, 0) is 25.0 Å². The smallest absolute Gasteiger partial charge is 0.255 e. The van der Waals surface area contributed by atoms with Gasteiger partial charge >= 0.3 is 0 Å². The van der Waals surface area contributed by atoms with Crippen LogP contribution >= 0.6 is 24.0 Å². The van der Waals surface area contributed by atoms with Crippen molar-refractivity contribution in [2.24, 2.45) is 10.7 Å². The van der Waals surface area contributed by atoms with Gasteiger partial charge in [-0.1, -0.05) is 25.0 Å². The molecule has 0 aliphatic carbocycles. The summed E-state index contributed by atoms with van der Waals surface area (Å²) >= 11 is 0. The summed E-state index contributed by atoms with van der Waals surface area (Å²) in [6, 6.07) is 6.46. The molecule has 0 spiro atoms. The Morgan fingerprint density at radius 3 is 2.52 bits per heavy atom. The summed E-state index contributed by atoms with van der Waals surface area (Å²) in [4.78, 5) is 18.3. The average Bonchev–Trinajstić information content (AvgIpc) is 2.81. The summed E-state index contributed by atoms with van der Waals surface area (Å²) in [5.74, 6) is 0.230. The number of para-hydroxylation sites is 1. The lowest BCUT2D eigenvalue weighted by Gasteiger charge is -2.21. The van der Waals surface area contributed by atoms with Crippen molar-refractivity contribution in [2.75, 3.05) is 26.2 Å². The number of aromatic hydroxyl groups is 1. The van der Waals surface area contributed by atoms with E-state index in [1.165, 1.54) is 18.9 Å². The second-order valence-electron chi connectivity index (χ2n) is 5.41. The minimum atomic E-state index is -0.304. The lowest BCUT2D eigenvalue weighted by molar-refractivity contribution is 0.0952. The standard InChI is InChI=1S/C16H24N4O2.HI/c17-16(20-11-5-1-2-6-12-20)19-10-9-18-15(22)13-7-3-4-8-14(13)21;/h3-4,7-8,21H,1-2,5-6,9-12H2,(H2,17,19)(H,18,22);1H. The van der Waals surface area contributed by atoms with Gasteiger partial charge in [0.2, 0.25) is 0 Å². The number of hydrogen-bond acceptors (Lipinski definition) is 3. The van der Waals surface area contributed by atoms with Crippen LogP contribution < -0.4 is 11.1 Å². The number of carbonyl (C=O) groups excluding carboxylic acids is 1. The lowest BCUT2D eigenvalue weighted by atomic mass is 10.2. The third-order valence-corrected chi connectivity index (χ3v) is 3.75. The van der Waals surface area contributed by atoms with Gasteiger partial charge < -0.3 is 21.1 Å². The first-order valence-electron chi connectivity index (χ1n) is 7.79. The number of aliphatic imine (C=N–C) groups is 1. The van der Waals surface area contributed by atoms with Crippen molar-refractivity contribution < 1.29 is 9.90 Å². The van der Waals surface area contributed by atoms with E-state index in [-0.39, 0.29) is 41.2 Å². The zero-order valence-electron chi connectivity index (χ0n) is 13.2. The molecule has 1 aromatic rings. The van der Waals surface area contributed by atoms with E-state index in [1.54, 1.807) is 18.2 Å². The number of hydrogen-bond donors (Lipinski definition) is 3. The van der Waals surface area contributed by atoms with Gasteiger partial charge in [-0.2, -0.15) is 0 Å². The van der Waals surface area contributed by atoms with Gasteiger partial charge in [0.15, 0.2) is 5.96 Å². The van der Waals surface area contributed by atoms with Crippen LogP contribution in [0.25, 0.3) is 0 Å². The third kappa shape index (κ3) is 6.25. The SMILES string of the molecule is I.NC(=NCCNC(=O)c1ccccc1O)N1CCCCCC1. The first-order valence-corrected chi connectivity index (χ1v) is 7.79. The van der Waals surface area contributed by atoms with E-state index in [1.807, 2.05) is 0 Å². The van der Waals surface area contributed by atoms with Crippen LogP contribution in [0.1, 0.15) is 36.0 Å². The van der Waals surface area contributed by atoms with Crippen molar-refractivity contribution in [1.29, 1.82) is 0 Å². The number of rotatable bonds is 4. The van der Waals surface area contributed by atoms with Crippen LogP contribution in [0.4, 0.5) is 0 Å². The first-order chi connectivity index (χ1) is 10.7. The molecule has 1 heterocycles. The quantitative estimate of drug-likeness (QED) is 0.294. The lowest BCUT2D eigenvalue weighted by Crippen LogP contribution is -2.38. The molecule has 0 saturated carbocycles. The van der Waals surface area contributed by atoms with Crippen molar-refractivity contribution >= 4 is 35.8 Å². The molecular formula is C16H25IN4O2. The van der Waals surface area contributed by atoms with Gasteiger partial charge in [0.1, 0.15) is 5.75 Å². The Hall–Kier alpha value is -1.51. The molecule has 23 heavy (non-hydrogen) atoms. The molecule has 0 atom stereocenters. The molecule has 1 aliphatic heterocycles. The molecule has 7 heteroatoms. The van der Waals surface area contributed by atoms with E-state index in [0.29, 0.717) is 19.0 Å². The minimum absolute atomic E-state index is 0. The number of benzene rings is 1. The Labute approximate surface area is 154 Å². The molecule has 4 N–H and O–H groups in total. The van der Waals surface area contributed by atoms with Gasteiger partial charge in [-0.15, -0.1) is 24.0 Å². The maximum Gasteiger partial charge on any atom is 0.255 e. The normalized spacial score (nSPS) is 15.5. The zero-order valence-corrected chi connectivity index (χ0v) is 15.5. The monoisotopic (exact) mass is 432 g/mol. The number of carbonyl (C=O) groups is 1. The van der Waals surface area contributed by atoms with Crippen molar-refractivity contribution in [3.63, 3.8) is 0 Å². The van der Waals surface area contributed by atoms with Crippen LogP contribution in [-0.4, -0.2) is 48.1 Å². The Morgan fingerprint density at radius 2 is 1.87 bits per heavy atom. The molecule has 1 fully saturated rings. The third-order valence-electron chi connectivity index (χ3n) is 3.75. The largest absolute Gasteiger partial charge is 0.507 e. The maximum atomic E-state index is 11.9. The van der Waals surface area contributed by atoms with Gasteiger partial charge in [0.25, 0.3) is 5.91 Å². The van der Waals surface area contributed by atoms with E-state index in [2.05, 4.69) is 15.2 Å². The second kappa shape index (κ2) is 10.3. The molecule has 0 radical (unpaired) electrons. The van der Waals surface area contributed by atoms with E-state index in [0.717, 1.165) is 25.9 Å². The summed E-state index contributed by atoms with van der Waals surface area (Å²) in [7, 11) is 0. The predicted molar refractivity (Wildman–Crippen MR) is 102 cm³/mol. The first kappa shape index (κ1) is 19.5. The Bertz CT molecular complexity index is 529. The van der Waals surface area contributed by atoms with Crippen molar-refractivity contribution in [3.05, 3.63) is 29.8 Å². The number of halogens is 1. The van der Waals surface area contributed by atoms with E-state index >= 15 is 0 Å². The fraction of sp³-hybridized carbons (Fsp3) is 0.500. The number of amides is 1. The number of likely N-dealkylation sites (tertiary alicyclic amines) is 1. The van der Waals surface area contributed by atoms with Crippen LogP contribution in [0, 0.1) is 0 Å². The molecule has 0 bridgehead atoms. The highest BCUT2D eigenvalue weighted by Crippen LogP contribution is 2.14. The van der Waals surface area contributed by atoms with Crippen molar-refractivity contribution in [3.8, 4) is 5.75 Å². The highest BCUT2D eigenvalue weighted by atomic mass is 127. The highest BCUT2D eigenvalue weighted by Gasteiger charge is 2.11. The molecule has 1 aromatic carbocycles. The summed E-state index contributed by atoms with van der Waals surface area (Å²) in [5, 5.41) is 12.3. The number of phenolic OH excluding ortho intramolecular Hbond substituents is 1. The molecular weight excluding hydrogens is 407 g/mol. The van der Waals surface area contributed by atoms with Crippen LogP contribution in [0.5, 0.6) is 5.75 Å². The molecule has 2 rings (SSSR count). The molecule has 6 nitrogen and oxygen atoms in total. The fourth-order valence-electron chi connectivity index (χ4n) is 2.50. The second-order valence-corrected chi connectivity index (χ2v) is 5.41. The molecule has 0 aromatic heterocycles. The summed E-state index contributed by atoms with van der Waals surface area (Å²) in [6.45, 7) is 2.74. The van der Waals surface area contributed by atoms with Gasteiger partial charge in [0.05, 0.1) is 12.1 Å². The zero-order chi connectivity index (χ0) is 15.8. The van der Waals surface area contributed by atoms with Crippen LogP contribution in [0.3, 0.4) is 0 Å². The fourth-order valence-corrected chi connectivity index (χ4v) is 2.50. The summed E-state index contributed by atoms with van der Waals surface area (Å²) < 4.78 is 0. The predicted octanol–water partition coefficient (Wildman–Crippen LogP) is 1.93. The molecule has 1 aliphatic rings. The van der Waals surface area contributed by atoms with E-state index in [9.17, 15) is 9.90 Å². The molecule has 1 saturated heterocycles. The Balaban J connectivity index is 0.00000264. The summed E-state index contributed by atoms with van der Waals surface area (Å²) in [6.07, 6.45) is 4.81. The molecule has 1 amide bonds. The van der Waals surface area contributed by atoms with Gasteiger partial charge in [0, 0.05) is 19.6 Å². The average molecular weight is 432 g/mol. The van der Waals surface area contributed by atoms with Crippen LogP contribution in [0.2, 0.25) is 0 Å². The van der Waals surface area contributed by atoms with Crippen molar-refractivity contribution in [2.45, 2.75) is 25.7 Å².